The van der Waals surface area contributed by atoms with Gasteiger partial charge in [-0.3, -0.25) is 4.79 Å². The molecule has 10 nitrogen and oxygen atoms in total. The minimum atomic E-state index is -1.13. The van der Waals surface area contributed by atoms with Crippen LogP contribution in [0.4, 0.5) is 4.79 Å². The van der Waals surface area contributed by atoms with Gasteiger partial charge in [-0.2, -0.15) is 0 Å². The van der Waals surface area contributed by atoms with Crippen molar-refractivity contribution in [3.8, 4) is 5.75 Å². The van der Waals surface area contributed by atoms with Gasteiger partial charge in [0, 0.05) is 26.2 Å². The first kappa shape index (κ1) is 27.7. The molecule has 0 aliphatic rings. The maximum atomic E-state index is 12.4. The summed E-state index contributed by atoms with van der Waals surface area (Å²) in [6.07, 6.45) is 1.25. The normalized spacial score (nSPS) is 11.8. The Kier molecular flexibility index (Phi) is 10.9. The second-order valence-electron chi connectivity index (χ2n) is 8.02. The van der Waals surface area contributed by atoms with Crippen LogP contribution in [0.1, 0.15) is 60.2 Å². The lowest BCUT2D eigenvalue weighted by Gasteiger charge is -2.18. The summed E-state index contributed by atoms with van der Waals surface area (Å²) in [4.78, 5) is 27.9. The summed E-state index contributed by atoms with van der Waals surface area (Å²) in [5.41, 5.74) is 1.68. The van der Waals surface area contributed by atoms with E-state index in [4.69, 9.17) is 18.6 Å². The molecule has 0 aliphatic carbocycles. The van der Waals surface area contributed by atoms with Crippen molar-refractivity contribution < 1.29 is 33.3 Å². The van der Waals surface area contributed by atoms with Crippen LogP contribution in [0.2, 0.25) is 0 Å². The third-order valence-corrected chi connectivity index (χ3v) is 5.35. The van der Waals surface area contributed by atoms with Gasteiger partial charge in [0.25, 0.3) is 5.91 Å². The highest BCUT2D eigenvalue weighted by Crippen LogP contribution is 2.25. The minimum Gasteiger partial charge on any atom is -0.484 e. The average Bonchev–Trinajstić information content (AvgIpc) is 3.38. The molecule has 37 heavy (non-hydrogen) atoms. The number of carbonyl (C=O) groups is 2. The van der Waals surface area contributed by atoms with Crippen LogP contribution in [0.5, 0.6) is 5.75 Å². The fourth-order valence-electron chi connectivity index (χ4n) is 3.69. The molecule has 0 spiro atoms. The third-order valence-electron chi connectivity index (χ3n) is 5.35. The van der Waals surface area contributed by atoms with E-state index in [0.717, 1.165) is 11.1 Å². The van der Waals surface area contributed by atoms with Crippen LogP contribution in [-0.4, -0.2) is 48.1 Å². The van der Waals surface area contributed by atoms with Gasteiger partial charge in [0.05, 0.1) is 6.04 Å². The maximum absolute atomic E-state index is 12.4. The number of oxazole rings is 1. The van der Waals surface area contributed by atoms with Crippen LogP contribution in [-0.2, 0) is 16.1 Å². The second kappa shape index (κ2) is 14.6. The van der Waals surface area contributed by atoms with Gasteiger partial charge in [-0.05, 0) is 43.5 Å². The Morgan fingerprint density at radius 1 is 1.03 bits per heavy atom. The number of benzene rings is 2. The van der Waals surface area contributed by atoms with E-state index < -0.39 is 12.1 Å². The average molecular weight is 512 g/mol. The Morgan fingerprint density at radius 3 is 2.46 bits per heavy atom. The molecule has 0 radical (unpaired) electrons. The number of rotatable bonds is 15. The van der Waals surface area contributed by atoms with Crippen molar-refractivity contribution in [2.45, 2.75) is 45.6 Å². The van der Waals surface area contributed by atoms with Gasteiger partial charge in [0.15, 0.2) is 18.6 Å². The summed E-state index contributed by atoms with van der Waals surface area (Å²) in [6, 6.07) is 15.8. The van der Waals surface area contributed by atoms with Gasteiger partial charge in [-0.15, -0.1) is 0 Å². The van der Waals surface area contributed by atoms with Crippen molar-refractivity contribution >= 4 is 12.0 Å². The van der Waals surface area contributed by atoms with E-state index in [0.29, 0.717) is 38.3 Å². The summed E-state index contributed by atoms with van der Waals surface area (Å²) >= 11 is 0. The van der Waals surface area contributed by atoms with Crippen molar-refractivity contribution in [1.29, 1.82) is 0 Å². The molecule has 0 saturated heterocycles. The smallest absolute Gasteiger partial charge is 0.405 e. The van der Waals surface area contributed by atoms with E-state index >= 15 is 0 Å². The largest absolute Gasteiger partial charge is 0.484 e. The monoisotopic (exact) mass is 511 g/mol. The second-order valence-corrected chi connectivity index (χ2v) is 8.02. The molecule has 1 heterocycles. The standard InChI is InChI=1S/C27H33N3O7/c1-3-34-24(35-4-2)14-9-15-28-26(31)22-17-37-23(29-22)18-36-21-13-8-12-20(16-21)25(30-27(32)33)19-10-6-5-7-11-19/h5-8,10-13,16-17,24-25,30H,3-4,9,14-15,18H2,1-2H3,(H,28,31)(H,32,33)/t25-/m0/s1. The quantitative estimate of drug-likeness (QED) is 0.200. The summed E-state index contributed by atoms with van der Waals surface area (Å²) in [5.74, 6) is 0.409. The first-order chi connectivity index (χ1) is 18.0. The lowest BCUT2D eigenvalue weighted by molar-refractivity contribution is -0.139. The van der Waals surface area contributed by atoms with Crippen LogP contribution >= 0.6 is 0 Å². The fourth-order valence-corrected chi connectivity index (χ4v) is 3.69. The predicted octanol–water partition coefficient (Wildman–Crippen LogP) is 4.52. The number of hydrogen-bond donors (Lipinski definition) is 3. The summed E-state index contributed by atoms with van der Waals surface area (Å²) in [5, 5.41) is 14.7. The zero-order valence-electron chi connectivity index (χ0n) is 21.0. The Hall–Kier alpha value is -3.89. The third kappa shape index (κ3) is 8.93. The van der Waals surface area contributed by atoms with Crippen LogP contribution in [0.3, 0.4) is 0 Å². The first-order valence-electron chi connectivity index (χ1n) is 12.2. The molecule has 0 bridgehead atoms. The Labute approximate surface area is 215 Å². The molecule has 1 atom stereocenters. The van der Waals surface area contributed by atoms with Crippen LogP contribution < -0.4 is 15.4 Å². The summed E-state index contributed by atoms with van der Waals surface area (Å²) < 4.78 is 22.2. The Bertz CT molecular complexity index is 1110. The van der Waals surface area contributed by atoms with E-state index in [1.165, 1.54) is 6.26 Å². The molecule has 0 aliphatic heterocycles. The highest BCUT2D eigenvalue weighted by molar-refractivity contribution is 5.91. The summed E-state index contributed by atoms with van der Waals surface area (Å²) in [7, 11) is 0. The zero-order valence-corrected chi connectivity index (χ0v) is 21.0. The predicted molar refractivity (Wildman–Crippen MR) is 135 cm³/mol. The summed E-state index contributed by atoms with van der Waals surface area (Å²) in [6.45, 7) is 5.41. The van der Waals surface area contributed by atoms with Crippen molar-refractivity contribution in [2.75, 3.05) is 19.8 Å². The number of nitrogens with zero attached hydrogens (tertiary/aromatic N) is 1. The van der Waals surface area contributed by atoms with E-state index in [1.807, 2.05) is 50.2 Å². The molecule has 2 aromatic carbocycles. The number of carboxylic acid groups (broad SMARTS) is 1. The van der Waals surface area contributed by atoms with Gasteiger partial charge in [0.1, 0.15) is 12.0 Å². The molecule has 3 aromatic rings. The van der Waals surface area contributed by atoms with Crippen molar-refractivity contribution in [3.05, 3.63) is 83.6 Å². The minimum absolute atomic E-state index is 0.00346. The van der Waals surface area contributed by atoms with Gasteiger partial charge < -0.3 is 34.4 Å². The number of nitrogens with one attached hydrogen (secondary N) is 2. The van der Waals surface area contributed by atoms with Gasteiger partial charge in [0.2, 0.25) is 5.89 Å². The van der Waals surface area contributed by atoms with Gasteiger partial charge in [-0.1, -0.05) is 42.5 Å². The number of aromatic nitrogens is 1. The van der Waals surface area contributed by atoms with Gasteiger partial charge >= 0.3 is 6.09 Å². The number of amides is 2. The molecule has 10 heteroatoms. The SMILES string of the molecule is CCOC(CCCNC(=O)c1coc(COc2cccc([C@@H](NC(=O)O)c3ccccc3)c2)n1)OCC. The highest BCUT2D eigenvalue weighted by Gasteiger charge is 2.17. The Morgan fingerprint density at radius 2 is 1.76 bits per heavy atom. The van der Waals surface area contributed by atoms with E-state index in [9.17, 15) is 14.7 Å². The van der Waals surface area contributed by atoms with E-state index in [2.05, 4.69) is 15.6 Å². The molecule has 1 aromatic heterocycles. The molecule has 0 unspecified atom stereocenters. The number of carbonyl (C=O) groups excluding carboxylic acids is 1. The molecule has 198 valence electrons. The molecule has 3 N–H and O–H groups in total. The molecular formula is C27H33N3O7. The lowest BCUT2D eigenvalue weighted by atomic mass is 9.99. The molecule has 3 rings (SSSR count). The topological polar surface area (TPSA) is 132 Å². The van der Waals surface area contributed by atoms with Crippen molar-refractivity contribution in [3.63, 3.8) is 0 Å². The van der Waals surface area contributed by atoms with Crippen LogP contribution in [0, 0.1) is 0 Å². The number of hydrogen-bond acceptors (Lipinski definition) is 7. The molecule has 0 saturated carbocycles. The zero-order chi connectivity index (χ0) is 26.5. The number of ether oxygens (including phenoxy) is 3. The highest BCUT2D eigenvalue weighted by atomic mass is 16.7. The van der Waals surface area contributed by atoms with E-state index in [-0.39, 0.29) is 30.4 Å². The molecular weight excluding hydrogens is 478 g/mol. The molecule has 0 fully saturated rings. The fraction of sp³-hybridized carbons (Fsp3) is 0.370. The van der Waals surface area contributed by atoms with Gasteiger partial charge in [-0.25, -0.2) is 9.78 Å². The van der Waals surface area contributed by atoms with Crippen molar-refractivity contribution in [1.82, 2.24) is 15.6 Å². The van der Waals surface area contributed by atoms with Crippen molar-refractivity contribution in [2.24, 2.45) is 0 Å². The van der Waals surface area contributed by atoms with Crippen LogP contribution in [0.15, 0.2) is 65.3 Å². The maximum Gasteiger partial charge on any atom is 0.405 e. The lowest BCUT2D eigenvalue weighted by Crippen LogP contribution is -2.27. The van der Waals surface area contributed by atoms with E-state index in [1.54, 1.807) is 18.2 Å². The Balaban J connectivity index is 1.53. The van der Waals surface area contributed by atoms with Crippen LogP contribution in [0.25, 0.3) is 0 Å². The molecule has 2 amide bonds. The first-order valence-corrected chi connectivity index (χ1v) is 12.2.